The minimum Gasteiger partial charge on any atom is -0.493 e. The van der Waals surface area contributed by atoms with Gasteiger partial charge < -0.3 is 14.9 Å². The van der Waals surface area contributed by atoms with E-state index in [2.05, 4.69) is 0 Å². The topological polar surface area (TPSA) is 110 Å². The first kappa shape index (κ1) is 20.0. The molecule has 0 bridgehead atoms. The fourth-order valence-electron chi connectivity index (χ4n) is 3.02. The SMILES string of the molecule is CC(C)(CC(O)(CO)C(F)(F)F)c1cc(S(N)(=O)=O)cc2c1OCC2. The molecule has 0 saturated carbocycles. The third-order valence-electron chi connectivity index (χ3n) is 4.34. The number of rotatable bonds is 5. The highest BCUT2D eigenvalue weighted by Crippen LogP contribution is 2.46. The lowest BCUT2D eigenvalue weighted by Gasteiger charge is -2.37. The molecule has 1 atom stereocenters. The number of halogens is 3. The van der Waals surface area contributed by atoms with Crippen LogP contribution in [0.25, 0.3) is 0 Å². The van der Waals surface area contributed by atoms with Gasteiger partial charge in [-0.15, -0.1) is 0 Å². The Morgan fingerprint density at radius 2 is 1.88 bits per heavy atom. The monoisotopic (exact) mass is 383 g/mol. The molecule has 0 spiro atoms. The van der Waals surface area contributed by atoms with Crippen molar-refractivity contribution in [3.8, 4) is 5.75 Å². The number of alkyl halides is 3. The summed E-state index contributed by atoms with van der Waals surface area (Å²) in [5.74, 6) is 0.292. The summed E-state index contributed by atoms with van der Waals surface area (Å²) in [6, 6.07) is 2.49. The van der Waals surface area contributed by atoms with Crippen LogP contribution in [0.3, 0.4) is 0 Å². The number of hydrogen-bond acceptors (Lipinski definition) is 5. The summed E-state index contributed by atoms with van der Waals surface area (Å²) in [7, 11) is -4.07. The molecule has 0 saturated heterocycles. The molecule has 25 heavy (non-hydrogen) atoms. The third kappa shape index (κ3) is 3.76. The summed E-state index contributed by atoms with van der Waals surface area (Å²) in [5.41, 5.74) is -3.99. The summed E-state index contributed by atoms with van der Waals surface area (Å²) >= 11 is 0. The van der Waals surface area contributed by atoms with Crippen LogP contribution in [0.4, 0.5) is 13.2 Å². The molecule has 1 aliphatic rings. The maximum atomic E-state index is 13.1. The van der Waals surface area contributed by atoms with Crippen LogP contribution >= 0.6 is 0 Å². The molecule has 4 N–H and O–H groups in total. The maximum Gasteiger partial charge on any atom is 0.419 e. The van der Waals surface area contributed by atoms with Crippen molar-refractivity contribution in [2.75, 3.05) is 13.2 Å². The normalized spacial score (nSPS) is 17.8. The number of primary sulfonamides is 1. The number of hydrogen-bond donors (Lipinski definition) is 3. The lowest BCUT2D eigenvalue weighted by Crippen LogP contribution is -2.52. The Morgan fingerprint density at radius 3 is 2.36 bits per heavy atom. The van der Waals surface area contributed by atoms with Crippen LogP contribution in [0.5, 0.6) is 5.75 Å². The van der Waals surface area contributed by atoms with Crippen molar-refractivity contribution in [2.24, 2.45) is 5.14 Å². The van der Waals surface area contributed by atoms with Gasteiger partial charge in [-0.1, -0.05) is 13.8 Å². The number of aliphatic hydroxyl groups is 2. The molecule has 0 radical (unpaired) electrons. The first-order valence-electron chi connectivity index (χ1n) is 7.44. The average molecular weight is 383 g/mol. The predicted molar refractivity (Wildman–Crippen MR) is 82.7 cm³/mol. The molecule has 10 heteroatoms. The first-order chi connectivity index (χ1) is 11.2. The van der Waals surface area contributed by atoms with E-state index in [9.17, 15) is 26.7 Å². The second-order valence-corrected chi connectivity index (χ2v) is 8.41. The Hall–Kier alpha value is -1.36. The van der Waals surface area contributed by atoms with Crippen LogP contribution in [-0.4, -0.2) is 43.6 Å². The molecule has 1 aliphatic heterocycles. The first-order valence-corrected chi connectivity index (χ1v) is 8.99. The fourth-order valence-corrected chi connectivity index (χ4v) is 3.61. The van der Waals surface area contributed by atoms with Crippen LogP contribution in [0.1, 0.15) is 31.4 Å². The van der Waals surface area contributed by atoms with E-state index in [1.54, 1.807) is 0 Å². The van der Waals surface area contributed by atoms with Gasteiger partial charge in [0.05, 0.1) is 18.1 Å². The molecule has 142 valence electrons. The average Bonchev–Trinajstić information content (AvgIpc) is 2.91. The number of ether oxygens (including phenoxy) is 1. The zero-order valence-electron chi connectivity index (χ0n) is 13.7. The van der Waals surface area contributed by atoms with Gasteiger partial charge in [-0.3, -0.25) is 0 Å². The Bertz CT molecular complexity index is 776. The van der Waals surface area contributed by atoms with Crippen LogP contribution in [0.15, 0.2) is 17.0 Å². The van der Waals surface area contributed by atoms with Crippen LogP contribution < -0.4 is 9.88 Å². The van der Waals surface area contributed by atoms with Gasteiger partial charge in [0.1, 0.15) is 5.75 Å². The molecule has 0 aliphatic carbocycles. The van der Waals surface area contributed by atoms with Crippen LogP contribution in [0, 0.1) is 0 Å². The van der Waals surface area contributed by atoms with E-state index >= 15 is 0 Å². The molecule has 1 unspecified atom stereocenters. The van der Waals surface area contributed by atoms with Gasteiger partial charge in [-0.05, 0) is 29.5 Å². The van der Waals surface area contributed by atoms with E-state index in [0.29, 0.717) is 17.7 Å². The minimum atomic E-state index is -5.05. The van der Waals surface area contributed by atoms with E-state index < -0.39 is 40.2 Å². The van der Waals surface area contributed by atoms with Gasteiger partial charge in [0.2, 0.25) is 10.0 Å². The van der Waals surface area contributed by atoms with Crippen molar-refractivity contribution in [1.29, 1.82) is 0 Å². The van der Waals surface area contributed by atoms with E-state index in [1.165, 1.54) is 19.9 Å². The number of benzene rings is 1. The van der Waals surface area contributed by atoms with Gasteiger partial charge in [-0.25, -0.2) is 13.6 Å². The lowest BCUT2D eigenvalue weighted by molar-refractivity contribution is -0.277. The Morgan fingerprint density at radius 1 is 1.28 bits per heavy atom. The number of aliphatic hydroxyl groups excluding tert-OH is 1. The smallest absolute Gasteiger partial charge is 0.419 e. The van der Waals surface area contributed by atoms with E-state index in [0.717, 1.165) is 6.07 Å². The molecule has 0 fully saturated rings. The zero-order chi connectivity index (χ0) is 19.3. The zero-order valence-corrected chi connectivity index (χ0v) is 14.5. The van der Waals surface area contributed by atoms with E-state index in [-0.39, 0.29) is 17.1 Å². The quantitative estimate of drug-likeness (QED) is 0.708. The van der Waals surface area contributed by atoms with Gasteiger partial charge >= 0.3 is 6.18 Å². The summed E-state index contributed by atoms with van der Waals surface area (Å²) in [6.45, 7) is 1.56. The van der Waals surface area contributed by atoms with Crippen molar-refractivity contribution in [3.05, 3.63) is 23.3 Å². The standard InChI is InChI=1S/C15H20F3NO5S/c1-13(2,7-14(21,8-20)15(16,17)18)11-6-10(25(19,22)23)5-9-3-4-24-12(9)11/h5-6,20-21H,3-4,7-8H2,1-2H3,(H2,19,22,23). The molecular weight excluding hydrogens is 363 g/mol. The molecule has 0 aromatic heterocycles. The molecule has 1 aromatic rings. The second-order valence-electron chi connectivity index (χ2n) is 6.85. The van der Waals surface area contributed by atoms with Gasteiger partial charge in [0.15, 0.2) is 5.60 Å². The lowest BCUT2D eigenvalue weighted by atomic mass is 9.74. The highest BCUT2D eigenvalue weighted by Gasteiger charge is 2.56. The molecule has 6 nitrogen and oxygen atoms in total. The summed E-state index contributed by atoms with van der Waals surface area (Å²) < 4.78 is 68.2. The Kier molecular flexibility index (Phi) is 4.88. The molecular formula is C15H20F3NO5S. The Balaban J connectivity index is 2.58. The fraction of sp³-hybridized carbons (Fsp3) is 0.600. The molecule has 2 rings (SSSR count). The van der Waals surface area contributed by atoms with E-state index in [4.69, 9.17) is 15.0 Å². The largest absolute Gasteiger partial charge is 0.493 e. The highest BCUT2D eigenvalue weighted by molar-refractivity contribution is 7.89. The highest BCUT2D eigenvalue weighted by atomic mass is 32.2. The summed E-state index contributed by atoms with van der Waals surface area (Å²) in [5, 5.41) is 24.1. The van der Waals surface area contributed by atoms with E-state index in [1.807, 2.05) is 0 Å². The van der Waals surface area contributed by atoms with Crippen molar-refractivity contribution in [2.45, 2.75) is 48.8 Å². The van der Waals surface area contributed by atoms with Crippen LogP contribution in [0.2, 0.25) is 0 Å². The predicted octanol–water partition coefficient (Wildman–Crippen LogP) is 1.22. The van der Waals surface area contributed by atoms with Crippen molar-refractivity contribution < 1.29 is 36.5 Å². The number of nitrogens with two attached hydrogens (primary N) is 1. The number of sulfonamides is 1. The van der Waals surface area contributed by atoms with Crippen molar-refractivity contribution >= 4 is 10.0 Å². The maximum absolute atomic E-state index is 13.1. The van der Waals surface area contributed by atoms with Crippen molar-refractivity contribution in [1.82, 2.24) is 0 Å². The second kappa shape index (κ2) is 6.11. The number of fused-ring (bicyclic) bond motifs is 1. The molecule has 1 heterocycles. The van der Waals surface area contributed by atoms with Gasteiger partial charge in [0, 0.05) is 12.0 Å². The Labute approximate surface area is 143 Å². The minimum absolute atomic E-state index is 0.183. The molecule has 1 aromatic carbocycles. The van der Waals surface area contributed by atoms with Crippen LogP contribution in [-0.2, 0) is 21.9 Å². The van der Waals surface area contributed by atoms with Gasteiger partial charge in [-0.2, -0.15) is 13.2 Å². The summed E-state index contributed by atoms with van der Waals surface area (Å²) in [6.07, 6.45) is -5.55. The van der Waals surface area contributed by atoms with Crippen molar-refractivity contribution in [3.63, 3.8) is 0 Å². The summed E-state index contributed by atoms with van der Waals surface area (Å²) in [4.78, 5) is -0.237. The third-order valence-corrected chi connectivity index (χ3v) is 5.23. The molecule has 0 amide bonds. The van der Waals surface area contributed by atoms with Gasteiger partial charge in [0.25, 0.3) is 0 Å².